The molecule has 0 aliphatic heterocycles. The van der Waals surface area contributed by atoms with Crippen molar-refractivity contribution in [2.75, 3.05) is 0 Å². The number of aliphatic hydroxyl groups is 1. The SMILES string of the molecule is CC(O)C(C)OP(=O)(OCc1ccccc1)OCc1ccccc1. The molecule has 130 valence electrons. The molecule has 2 rings (SSSR count). The van der Waals surface area contributed by atoms with E-state index in [1.54, 1.807) is 13.8 Å². The normalized spacial score (nSPS) is 14.3. The molecule has 0 radical (unpaired) electrons. The maximum Gasteiger partial charge on any atom is 0.475 e. The molecular weight excluding hydrogens is 327 g/mol. The van der Waals surface area contributed by atoms with Gasteiger partial charge in [-0.1, -0.05) is 60.7 Å². The Morgan fingerprint density at radius 3 is 1.67 bits per heavy atom. The fourth-order valence-corrected chi connectivity index (χ4v) is 3.24. The molecule has 0 saturated carbocycles. The van der Waals surface area contributed by atoms with E-state index in [2.05, 4.69) is 0 Å². The van der Waals surface area contributed by atoms with Crippen LogP contribution in [0.15, 0.2) is 60.7 Å². The summed E-state index contributed by atoms with van der Waals surface area (Å²) in [6.45, 7) is 3.37. The van der Waals surface area contributed by atoms with E-state index in [0.29, 0.717) is 0 Å². The zero-order valence-electron chi connectivity index (χ0n) is 13.9. The van der Waals surface area contributed by atoms with Crippen molar-refractivity contribution in [3.05, 3.63) is 71.8 Å². The molecule has 2 atom stereocenters. The van der Waals surface area contributed by atoms with Crippen LogP contribution in [0.4, 0.5) is 0 Å². The smallest absolute Gasteiger partial charge is 0.391 e. The molecule has 5 nitrogen and oxygen atoms in total. The summed E-state index contributed by atoms with van der Waals surface area (Å²) in [7, 11) is -3.82. The standard InChI is InChI=1S/C18H23O5P/c1-15(19)16(2)23-24(20,21-13-17-9-5-3-6-10-17)22-14-18-11-7-4-8-12-18/h3-12,15-16,19H,13-14H2,1-2H3. The second-order valence-corrected chi connectivity index (χ2v) is 7.14. The van der Waals surface area contributed by atoms with Crippen LogP contribution in [-0.4, -0.2) is 17.3 Å². The van der Waals surface area contributed by atoms with Gasteiger partial charge in [-0.25, -0.2) is 4.57 Å². The van der Waals surface area contributed by atoms with Gasteiger partial charge in [-0.05, 0) is 25.0 Å². The van der Waals surface area contributed by atoms with Crippen LogP contribution < -0.4 is 0 Å². The Hall–Kier alpha value is -1.49. The minimum absolute atomic E-state index is 0.0967. The number of rotatable bonds is 9. The van der Waals surface area contributed by atoms with Crippen LogP contribution in [0, 0.1) is 0 Å². The third-order valence-corrected chi connectivity index (χ3v) is 4.92. The third-order valence-electron chi connectivity index (χ3n) is 3.44. The van der Waals surface area contributed by atoms with E-state index >= 15 is 0 Å². The molecule has 6 heteroatoms. The first-order chi connectivity index (χ1) is 11.5. The first-order valence-electron chi connectivity index (χ1n) is 7.82. The van der Waals surface area contributed by atoms with Gasteiger partial charge in [0.2, 0.25) is 0 Å². The summed E-state index contributed by atoms with van der Waals surface area (Å²) in [6, 6.07) is 18.7. The van der Waals surface area contributed by atoms with Crippen molar-refractivity contribution in [3.63, 3.8) is 0 Å². The highest BCUT2D eigenvalue weighted by molar-refractivity contribution is 7.48. The Morgan fingerprint density at radius 2 is 1.29 bits per heavy atom. The molecule has 2 aromatic carbocycles. The molecule has 0 amide bonds. The Labute approximate surface area is 142 Å². The Kier molecular flexibility index (Phi) is 7.16. The monoisotopic (exact) mass is 350 g/mol. The Balaban J connectivity index is 2.03. The molecule has 1 N–H and O–H groups in total. The average molecular weight is 350 g/mol. The van der Waals surface area contributed by atoms with E-state index < -0.39 is 20.0 Å². The van der Waals surface area contributed by atoms with Gasteiger partial charge in [-0.15, -0.1) is 0 Å². The molecule has 0 aromatic heterocycles. The van der Waals surface area contributed by atoms with Crippen molar-refractivity contribution >= 4 is 7.82 Å². The van der Waals surface area contributed by atoms with Gasteiger partial charge in [0.15, 0.2) is 0 Å². The van der Waals surface area contributed by atoms with Crippen molar-refractivity contribution in [2.24, 2.45) is 0 Å². The lowest BCUT2D eigenvalue weighted by Gasteiger charge is -2.23. The highest BCUT2D eigenvalue weighted by atomic mass is 31.2. The minimum atomic E-state index is -3.82. The van der Waals surface area contributed by atoms with Gasteiger partial charge in [-0.3, -0.25) is 13.6 Å². The summed E-state index contributed by atoms with van der Waals surface area (Å²) in [5, 5.41) is 9.60. The second-order valence-electron chi connectivity index (χ2n) is 5.52. The Bertz CT molecular complexity index is 597. The summed E-state index contributed by atoms with van der Waals surface area (Å²) < 4.78 is 29.2. The van der Waals surface area contributed by atoms with Crippen molar-refractivity contribution in [2.45, 2.75) is 39.3 Å². The van der Waals surface area contributed by atoms with E-state index in [1.165, 1.54) is 0 Å². The van der Waals surface area contributed by atoms with E-state index in [0.717, 1.165) is 11.1 Å². The second kappa shape index (κ2) is 9.11. The fraction of sp³-hybridized carbons (Fsp3) is 0.333. The number of hydrogen-bond donors (Lipinski definition) is 1. The molecular formula is C18H23O5P. The lowest BCUT2D eigenvalue weighted by Crippen LogP contribution is -2.22. The number of aliphatic hydroxyl groups excluding tert-OH is 1. The molecule has 0 aliphatic carbocycles. The molecule has 0 spiro atoms. The molecule has 0 aliphatic rings. The Morgan fingerprint density at radius 1 is 0.875 bits per heavy atom. The highest BCUT2D eigenvalue weighted by Crippen LogP contribution is 2.52. The summed E-state index contributed by atoms with van der Waals surface area (Å²) in [4.78, 5) is 0. The van der Waals surface area contributed by atoms with Crippen LogP contribution in [-0.2, 0) is 31.4 Å². The maximum atomic E-state index is 12.9. The maximum absolute atomic E-state index is 12.9. The first-order valence-corrected chi connectivity index (χ1v) is 9.28. The van der Waals surface area contributed by atoms with Gasteiger partial charge in [0.05, 0.1) is 25.4 Å². The van der Waals surface area contributed by atoms with E-state index in [4.69, 9.17) is 13.6 Å². The topological polar surface area (TPSA) is 65.0 Å². The first kappa shape index (κ1) is 18.8. The molecule has 2 unspecified atom stereocenters. The zero-order valence-corrected chi connectivity index (χ0v) is 14.8. The van der Waals surface area contributed by atoms with Crippen molar-refractivity contribution in [1.82, 2.24) is 0 Å². The van der Waals surface area contributed by atoms with Crippen molar-refractivity contribution in [1.29, 1.82) is 0 Å². The number of hydrogen-bond acceptors (Lipinski definition) is 5. The van der Waals surface area contributed by atoms with Crippen LogP contribution in [0.3, 0.4) is 0 Å². The lowest BCUT2D eigenvalue weighted by atomic mass is 10.2. The number of benzene rings is 2. The molecule has 0 fully saturated rings. The minimum Gasteiger partial charge on any atom is -0.391 e. The van der Waals surface area contributed by atoms with Gasteiger partial charge in [0, 0.05) is 0 Å². The average Bonchev–Trinajstić information content (AvgIpc) is 2.60. The van der Waals surface area contributed by atoms with E-state index in [9.17, 15) is 9.67 Å². The van der Waals surface area contributed by atoms with Crippen LogP contribution in [0.5, 0.6) is 0 Å². The molecule has 0 saturated heterocycles. The van der Waals surface area contributed by atoms with Crippen LogP contribution >= 0.6 is 7.82 Å². The quantitative estimate of drug-likeness (QED) is 0.683. The summed E-state index contributed by atoms with van der Waals surface area (Å²) >= 11 is 0. The summed E-state index contributed by atoms with van der Waals surface area (Å²) in [5.74, 6) is 0. The highest BCUT2D eigenvalue weighted by Gasteiger charge is 2.31. The number of phosphoric ester groups is 1. The van der Waals surface area contributed by atoms with Crippen molar-refractivity contribution < 1.29 is 23.2 Å². The van der Waals surface area contributed by atoms with Gasteiger partial charge in [-0.2, -0.15) is 0 Å². The molecule has 24 heavy (non-hydrogen) atoms. The van der Waals surface area contributed by atoms with Gasteiger partial charge in [0.25, 0.3) is 0 Å². The van der Waals surface area contributed by atoms with Gasteiger partial charge in [0.1, 0.15) is 0 Å². The molecule has 2 aromatic rings. The predicted octanol–water partition coefficient (Wildman–Crippen LogP) is 4.31. The fourth-order valence-electron chi connectivity index (χ4n) is 1.85. The van der Waals surface area contributed by atoms with Crippen molar-refractivity contribution in [3.8, 4) is 0 Å². The van der Waals surface area contributed by atoms with Crippen LogP contribution in [0.1, 0.15) is 25.0 Å². The zero-order chi connectivity index (χ0) is 17.4. The summed E-state index contributed by atoms with van der Waals surface area (Å²) in [6.07, 6.45) is -1.47. The predicted molar refractivity (Wildman–Crippen MR) is 92.3 cm³/mol. The van der Waals surface area contributed by atoms with Crippen LogP contribution in [0.2, 0.25) is 0 Å². The number of phosphoric acid groups is 1. The summed E-state index contributed by atoms with van der Waals surface area (Å²) in [5.41, 5.74) is 1.71. The molecule has 0 bridgehead atoms. The lowest BCUT2D eigenvalue weighted by molar-refractivity contribution is 0.0154. The van der Waals surface area contributed by atoms with E-state index in [-0.39, 0.29) is 13.2 Å². The van der Waals surface area contributed by atoms with Gasteiger partial charge < -0.3 is 5.11 Å². The molecule has 0 heterocycles. The third kappa shape index (κ3) is 6.19. The van der Waals surface area contributed by atoms with E-state index in [1.807, 2.05) is 60.7 Å². The largest absolute Gasteiger partial charge is 0.475 e. The van der Waals surface area contributed by atoms with Crippen LogP contribution in [0.25, 0.3) is 0 Å². The van der Waals surface area contributed by atoms with Gasteiger partial charge >= 0.3 is 7.82 Å².